The summed E-state index contributed by atoms with van der Waals surface area (Å²) in [7, 11) is 0. The zero-order chi connectivity index (χ0) is 26.8. The lowest BCUT2D eigenvalue weighted by Gasteiger charge is -2.39. The van der Waals surface area contributed by atoms with Crippen LogP contribution in [0.2, 0.25) is 5.02 Å². The van der Waals surface area contributed by atoms with Crippen molar-refractivity contribution < 1.29 is 4.42 Å². The fraction of sp³-hybridized carbons (Fsp3) is 0.310. The number of H-pyrrole nitrogens is 1. The van der Waals surface area contributed by atoms with Crippen LogP contribution in [0.5, 0.6) is 0 Å². The van der Waals surface area contributed by atoms with Gasteiger partial charge in [-0.2, -0.15) is 0 Å². The predicted molar refractivity (Wildman–Crippen MR) is 152 cm³/mol. The number of nitrogens with zero attached hydrogens (tertiary/aromatic N) is 3. The summed E-state index contributed by atoms with van der Waals surface area (Å²) in [6.07, 6.45) is 0. The van der Waals surface area contributed by atoms with Gasteiger partial charge in [0.25, 0.3) is 5.56 Å². The van der Waals surface area contributed by atoms with Crippen LogP contribution in [0.25, 0.3) is 11.3 Å². The molecular formula is C29H32ClN5O3. The lowest BCUT2D eigenvalue weighted by Crippen LogP contribution is -2.49. The molecule has 0 unspecified atom stereocenters. The van der Waals surface area contributed by atoms with E-state index in [9.17, 15) is 9.59 Å². The van der Waals surface area contributed by atoms with Gasteiger partial charge in [-0.15, -0.1) is 0 Å². The molecule has 1 aliphatic heterocycles. The molecule has 1 saturated heterocycles. The molecule has 0 spiro atoms. The van der Waals surface area contributed by atoms with E-state index in [0.717, 1.165) is 24.3 Å². The fourth-order valence-corrected chi connectivity index (χ4v) is 5.19. The third kappa shape index (κ3) is 5.28. The number of nitrogens with one attached hydrogen (secondary N) is 1. The topological polar surface area (TPSA) is 100 Å². The van der Waals surface area contributed by atoms with E-state index in [2.05, 4.69) is 26.9 Å². The van der Waals surface area contributed by atoms with Crippen LogP contribution < -0.4 is 21.9 Å². The van der Waals surface area contributed by atoms with Crippen molar-refractivity contribution in [2.24, 2.45) is 5.92 Å². The molecule has 198 valence electrons. The van der Waals surface area contributed by atoms with Crippen LogP contribution in [0.3, 0.4) is 0 Å². The van der Waals surface area contributed by atoms with Crippen LogP contribution in [0, 0.1) is 5.92 Å². The van der Waals surface area contributed by atoms with Gasteiger partial charge >= 0.3 is 5.69 Å². The molecule has 0 saturated carbocycles. The van der Waals surface area contributed by atoms with Gasteiger partial charge in [0, 0.05) is 49.0 Å². The summed E-state index contributed by atoms with van der Waals surface area (Å²) in [5.74, 6) is 1.60. The lowest BCUT2D eigenvalue weighted by atomic mass is 10.0. The summed E-state index contributed by atoms with van der Waals surface area (Å²) in [4.78, 5) is 33.0. The number of benzene rings is 2. The average molecular weight is 534 g/mol. The SMILES string of the molecule is CC(C)Cn1c(N)c([C@H](c2ccc(-c3ccc(Cl)cc3)o2)N2CCN(c3ccccc3)CC2)c(=O)[nH]c1=O. The van der Waals surface area contributed by atoms with Crippen molar-refractivity contribution in [3.05, 3.63) is 104 Å². The second-order valence-electron chi connectivity index (χ2n) is 10.0. The summed E-state index contributed by atoms with van der Waals surface area (Å²) in [6, 6.07) is 20.9. The van der Waals surface area contributed by atoms with E-state index in [0.29, 0.717) is 41.7 Å². The molecular weight excluding hydrogens is 502 g/mol. The van der Waals surface area contributed by atoms with Gasteiger partial charge in [-0.3, -0.25) is 19.2 Å². The first-order chi connectivity index (χ1) is 18.3. The quantitative estimate of drug-likeness (QED) is 0.360. The van der Waals surface area contributed by atoms with Gasteiger partial charge in [-0.05, 0) is 54.4 Å². The predicted octanol–water partition coefficient (Wildman–Crippen LogP) is 4.60. The van der Waals surface area contributed by atoms with E-state index < -0.39 is 17.3 Å². The van der Waals surface area contributed by atoms with Gasteiger partial charge in [0.2, 0.25) is 0 Å². The molecule has 2 aromatic heterocycles. The number of nitrogen functional groups attached to an aromatic ring is 1. The zero-order valence-electron chi connectivity index (χ0n) is 21.6. The Morgan fingerprint density at radius 1 is 0.947 bits per heavy atom. The smallest absolute Gasteiger partial charge is 0.329 e. The van der Waals surface area contributed by atoms with Gasteiger partial charge in [0.15, 0.2) is 0 Å². The molecule has 1 fully saturated rings. The number of piperazine rings is 1. The molecule has 1 aliphatic rings. The molecule has 1 atom stereocenters. The zero-order valence-corrected chi connectivity index (χ0v) is 22.3. The van der Waals surface area contributed by atoms with Gasteiger partial charge in [-0.1, -0.05) is 43.6 Å². The van der Waals surface area contributed by atoms with Crippen molar-refractivity contribution in [3.63, 3.8) is 0 Å². The minimum absolute atomic E-state index is 0.168. The number of anilines is 2. The van der Waals surface area contributed by atoms with Crippen molar-refractivity contribution in [2.75, 3.05) is 36.8 Å². The Kier molecular flexibility index (Phi) is 7.44. The third-order valence-corrected chi connectivity index (χ3v) is 7.18. The fourth-order valence-electron chi connectivity index (χ4n) is 5.06. The standard InChI is InChI=1S/C29H32ClN5O3/c1-19(2)18-35-27(31)25(28(36)32-29(35)37)26(24-13-12-23(38-24)20-8-10-21(30)11-9-20)34-16-14-33(15-17-34)22-6-4-3-5-7-22/h3-13,19,26H,14-18,31H2,1-2H3,(H,32,36,37)/t26-/m0/s1. The van der Waals surface area contributed by atoms with Crippen LogP contribution in [-0.2, 0) is 6.54 Å². The van der Waals surface area contributed by atoms with Crippen molar-refractivity contribution >= 4 is 23.1 Å². The normalized spacial score (nSPS) is 15.2. The molecule has 9 heteroatoms. The molecule has 4 aromatic rings. The van der Waals surface area contributed by atoms with Crippen molar-refractivity contribution in [3.8, 4) is 11.3 Å². The number of para-hydroxylation sites is 1. The maximum absolute atomic E-state index is 13.3. The highest BCUT2D eigenvalue weighted by Gasteiger charge is 2.33. The van der Waals surface area contributed by atoms with E-state index >= 15 is 0 Å². The number of aromatic nitrogens is 2. The van der Waals surface area contributed by atoms with Gasteiger partial charge in [0.1, 0.15) is 23.4 Å². The van der Waals surface area contributed by atoms with Crippen molar-refractivity contribution in [1.29, 1.82) is 0 Å². The van der Waals surface area contributed by atoms with Crippen LogP contribution in [-0.4, -0.2) is 40.6 Å². The Labute approximate surface area is 226 Å². The molecule has 3 N–H and O–H groups in total. The van der Waals surface area contributed by atoms with Crippen LogP contribution in [0.4, 0.5) is 11.5 Å². The highest BCUT2D eigenvalue weighted by Crippen LogP contribution is 2.35. The number of nitrogens with two attached hydrogens (primary N) is 1. The number of halogens is 1. The molecule has 2 aromatic carbocycles. The van der Waals surface area contributed by atoms with Crippen molar-refractivity contribution in [1.82, 2.24) is 14.5 Å². The molecule has 3 heterocycles. The van der Waals surface area contributed by atoms with Gasteiger partial charge in [-0.25, -0.2) is 4.79 Å². The first kappa shape index (κ1) is 25.9. The summed E-state index contributed by atoms with van der Waals surface area (Å²) in [5, 5.41) is 0.640. The van der Waals surface area contributed by atoms with Crippen LogP contribution in [0.1, 0.15) is 31.2 Å². The monoisotopic (exact) mass is 533 g/mol. The number of rotatable bonds is 7. The van der Waals surface area contributed by atoms with Crippen molar-refractivity contribution in [2.45, 2.75) is 26.4 Å². The number of furan rings is 1. The molecule has 0 amide bonds. The highest BCUT2D eigenvalue weighted by molar-refractivity contribution is 6.30. The maximum Gasteiger partial charge on any atom is 0.329 e. The average Bonchev–Trinajstić information content (AvgIpc) is 3.40. The number of hydrogen-bond donors (Lipinski definition) is 2. The number of aromatic amines is 1. The van der Waals surface area contributed by atoms with E-state index in [4.69, 9.17) is 21.8 Å². The molecule has 0 aliphatic carbocycles. The summed E-state index contributed by atoms with van der Waals surface area (Å²) in [5.41, 5.74) is 7.95. The summed E-state index contributed by atoms with van der Waals surface area (Å²) in [6.45, 7) is 7.31. The van der Waals surface area contributed by atoms with Gasteiger partial charge in [0.05, 0.1) is 5.56 Å². The molecule has 0 bridgehead atoms. The second-order valence-corrected chi connectivity index (χ2v) is 10.5. The van der Waals surface area contributed by atoms with E-state index in [1.807, 2.05) is 68.4 Å². The first-order valence-corrected chi connectivity index (χ1v) is 13.2. The Bertz CT molecular complexity index is 1500. The maximum atomic E-state index is 13.3. The van der Waals surface area contributed by atoms with E-state index in [1.54, 1.807) is 0 Å². The lowest BCUT2D eigenvalue weighted by molar-refractivity contribution is 0.191. The Hall–Kier alpha value is -3.75. The largest absolute Gasteiger partial charge is 0.459 e. The first-order valence-electron chi connectivity index (χ1n) is 12.8. The third-order valence-electron chi connectivity index (χ3n) is 6.92. The van der Waals surface area contributed by atoms with Crippen LogP contribution >= 0.6 is 11.6 Å². The molecule has 8 nitrogen and oxygen atoms in total. The van der Waals surface area contributed by atoms with E-state index in [-0.39, 0.29) is 11.7 Å². The minimum Gasteiger partial charge on any atom is -0.459 e. The minimum atomic E-state index is -0.559. The summed E-state index contributed by atoms with van der Waals surface area (Å²) < 4.78 is 7.81. The Morgan fingerprint density at radius 3 is 2.29 bits per heavy atom. The molecule has 0 radical (unpaired) electrons. The Balaban J connectivity index is 1.55. The molecule has 38 heavy (non-hydrogen) atoms. The highest BCUT2D eigenvalue weighted by atomic mass is 35.5. The summed E-state index contributed by atoms with van der Waals surface area (Å²) >= 11 is 6.07. The number of hydrogen-bond acceptors (Lipinski definition) is 6. The second kappa shape index (κ2) is 10.9. The van der Waals surface area contributed by atoms with Gasteiger partial charge < -0.3 is 15.1 Å². The van der Waals surface area contributed by atoms with Crippen LogP contribution in [0.15, 0.2) is 80.7 Å². The van der Waals surface area contributed by atoms with E-state index in [1.165, 1.54) is 4.57 Å². The molecule has 5 rings (SSSR count). The Morgan fingerprint density at radius 2 is 1.63 bits per heavy atom.